The first kappa shape index (κ1) is 9.55. The summed E-state index contributed by atoms with van der Waals surface area (Å²) >= 11 is 5.87. The van der Waals surface area contributed by atoms with Crippen LogP contribution >= 0.6 is 11.6 Å². The first-order chi connectivity index (χ1) is 5.70. The van der Waals surface area contributed by atoms with E-state index in [4.69, 9.17) is 16.3 Å². The van der Waals surface area contributed by atoms with Crippen molar-refractivity contribution in [1.82, 2.24) is 4.90 Å². The molecule has 68 valence electrons. The Morgan fingerprint density at radius 3 is 2.58 bits per heavy atom. The topological polar surface area (TPSA) is 29.5 Å². The van der Waals surface area contributed by atoms with Crippen LogP contribution in [0.2, 0.25) is 0 Å². The van der Waals surface area contributed by atoms with Gasteiger partial charge >= 0.3 is 0 Å². The summed E-state index contributed by atoms with van der Waals surface area (Å²) in [5.74, 6) is -0.0218. The molecule has 1 aliphatic rings. The molecule has 0 aromatic rings. The standard InChI is InChI=1S/C8H12ClNO2/c1-7(11)6-8(9)10-2-4-12-5-3-10/h6H,2-5H2,1H3/b8-6+. The predicted molar refractivity (Wildman–Crippen MR) is 47.0 cm³/mol. The largest absolute Gasteiger partial charge is 0.378 e. The summed E-state index contributed by atoms with van der Waals surface area (Å²) in [4.78, 5) is 12.6. The fraction of sp³-hybridized carbons (Fsp3) is 0.625. The number of rotatable bonds is 2. The lowest BCUT2D eigenvalue weighted by molar-refractivity contribution is -0.112. The van der Waals surface area contributed by atoms with Crippen LogP contribution in [0.4, 0.5) is 0 Å². The van der Waals surface area contributed by atoms with Crippen molar-refractivity contribution in [3.8, 4) is 0 Å². The van der Waals surface area contributed by atoms with E-state index in [9.17, 15) is 4.79 Å². The molecular formula is C8H12ClNO2. The number of allylic oxidation sites excluding steroid dienone is 1. The van der Waals surface area contributed by atoms with E-state index in [2.05, 4.69) is 0 Å². The molecule has 0 saturated carbocycles. The second-order valence-corrected chi connectivity index (χ2v) is 3.06. The number of carbonyl (C=O) groups is 1. The van der Waals surface area contributed by atoms with Gasteiger partial charge in [0, 0.05) is 19.2 Å². The minimum absolute atomic E-state index is 0.0218. The van der Waals surface area contributed by atoms with Crippen LogP contribution in [-0.2, 0) is 9.53 Å². The fourth-order valence-corrected chi connectivity index (χ4v) is 1.36. The van der Waals surface area contributed by atoms with Gasteiger partial charge in [0.2, 0.25) is 0 Å². The Morgan fingerprint density at radius 2 is 2.08 bits per heavy atom. The lowest BCUT2D eigenvalue weighted by Gasteiger charge is -2.27. The quantitative estimate of drug-likeness (QED) is 0.479. The molecule has 1 rings (SSSR count). The van der Waals surface area contributed by atoms with Crippen LogP contribution < -0.4 is 0 Å². The molecule has 0 spiro atoms. The first-order valence-electron chi connectivity index (χ1n) is 3.90. The van der Waals surface area contributed by atoms with Crippen LogP contribution in [0.1, 0.15) is 6.92 Å². The number of morpholine rings is 1. The van der Waals surface area contributed by atoms with Gasteiger partial charge in [-0.05, 0) is 6.92 Å². The molecule has 0 aromatic heterocycles. The molecule has 0 atom stereocenters. The molecule has 0 radical (unpaired) electrons. The molecule has 1 saturated heterocycles. The average Bonchev–Trinajstić information content (AvgIpc) is 2.05. The molecule has 0 unspecified atom stereocenters. The maximum absolute atomic E-state index is 10.7. The van der Waals surface area contributed by atoms with Gasteiger partial charge in [-0.3, -0.25) is 4.79 Å². The highest BCUT2D eigenvalue weighted by Gasteiger charge is 2.11. The van der Waals surface area contributed by atoms with E-state index in [1.54, 1.807) is 0 Å². The van der Waals surface area contributed by atoms with E-state index in [1.165, 1.54) is 13.0 Å². The van der Waals surface area contributed by atoms with Gasteiger partial charge in [-0.1, -0.05) is 11.6 Å². The van der Waals surface area contributed by atoms with Crippen LogP contribution in [0.3, 0.4) is 0 Å². The van der Waals surface area contributed by atoms with E-state index >= 15 is 0 Å². The summed E-state index contributed by atoms with van der Waals surface area (Å²) in [6.07, 6.45) is 1.44. The summed E-state index contributed by atoms with van der Waals surface area (Å²) in [6.45, 7) is 4.39. The van der Waals surface area contributed by atoms with Crippen molar-refractivity contribution in [3.63, 3.8) is 0 Å². The SMILES string of the molecule is CC(=O)/C=C(\Cl)N1CCOCC1. The minimum Gasteiger partial charge on any atom is -0.378 e. The smallest absolute Gasteiger partial charge is 0.155 e. The number of hydrogen-bond donors (Lipinski definition) is 0. The minimum atomic E-state index is -0.0218. The predicted octanol–water partition coefficient (Wildman–Crippen LogP) is 0.988. The second kappa shape index (κ2) is 4.48. The average molecular weight is 190 g/mol. The van der Waals surface area contributed by atoms with Crippen molar-refractivity contribution >= 4 is 17.4 Å². The first-order valence-corrected chi connectivity index (χ1v) is 4.28. The Bertz CT molecular complexity index is 197. The lowest BCUT2D eigenvalue weighted by atomic mass is 10.4. The van der Waals surface area contributed by atoms with Crippen LogP contribution in [-0.4, -0.2) is 37.0 Å². The number of halogens is 1. The van der Waals surface area contributed by atoms with Gasteiger partial charge in [0.15, 0.2) is 5.78 Å². The maximum atomic E-state index is 10.7. The molecule has 0 amide bonds. The van der Waals surface area contributed by atoms with E-state index in [0.717, 1.165) is 13.1 Å². The van der Waals surface area contributed by atoms with Crippen LogP contribution in [0.15, 0.2) is 11.2 Å². The van der Waals surface area contributed by atoms with Gasteiger partial charge in [-0.2, -0.15) is 0 Å². The Labute approximate surface area is 76.9 Å². The monoisotopic (exact) mass is 189 g/mol. The zero-order valence-corrected chi connectivity index (χ0v) is 7.80. The third kappa shape index (κ3) is 2.83. The van der Waals surface area contributed by atoms with E-state index in [1.807, 2.05) is 4.90 Å². The van der Waals surface area contributed by atoms with Gasteiger partial charge in [0.25, 0.3) is 0 Å². The van der Waals surface area contributed by atoms with Crippen molar-refractivity contribution < 1.29 is 9.53 Å². The number of hydrogen-bond acceptors (Lipinski definition) is 3. The van der Waals surface area contributed by atoms with Crippen LogP contribution in [0.25, 0.3) is 0 Å². The third-order valence-corrected chi connectivity index (χ3v) is 1.98. The molecule has 1 fully saturated rings. The molecule has 0 aromatic carbocycles. The number of nitrogens with zero attached hydrogens (tertiary/aromatic N) is 1. The van der Waals surface area contributed by atoms with E-state index in [-0.39, 0.29) is 5.78 Å². The van der Waals surface area contributed by atoms with Crippen molar-refractivity contribution in [2.24, 2.45) is 0 Å². The van der Waals surface area contributed by atoms with Gasteiger partial charge in [0.05, 0.1) is 13.2 Å². The van der Waals surface area contributed by atoms with Gasteiger partial charge in [-0.15, -0.1) is 0 Å². The highest BCUT2D eigenvalue weighted by atomic mass is 35.5. The zero-order valence-electron chi connectivity index (χ0n) is 7.05. The Hall–Kier alpha value is -0.540. The normalized spacial score (nSPS) is 19.5. The zero-order chi connectivity index (χ0) is 8.97. The van der Waals surface area contributed by atoms with Crippen molar-refractivity contribution in [3.05, 3.63) is 11.2 Å². The number of ether oxygens (including phenoxy) is 1. The summed E-state index contributed by atoms with van der Waals surface area (Å²) in [6, 6.07) is 0. The highest BCUT2D eigenvalue weighted by Crippen LogP contribution is 2.11. The Morgan fingerprint density at radius 1 is 1.50 bits per heavy atom. The molecule has 1 aliphatic heterocycles. The molecule has 0 bridgehead atoms. The van der Waals surface area contributed by atoms with Crippen LogP contribution in [0, 0.1) is 0 Å². The fourth-order valence-electron chi connectivity index (χ4n) is 1.04. The molecule has 1 heterocycles. The highest BCUT2D eigenvalue weighted by molar-refractivity contribution is 6.30. The van der Waals surface area contributed by atoms with Gasteiger partial charge < -0.3 is 9.64 Å². The van der Waals surface area contributed by atoms with E-state index < -0.39 is 0 Å². The molecule has 0 N–H and O–H groups in total. The molecule has 0 aliphatic carbocycles. The third-order valence-electron chi connectivity index (χ3n) is 1.64. The Kier molecular flexibility index (Phi) is 3.56. The molecule has 12 heavy (non-hydrogen) atoms. The lowest BCUT2D eigenvalue weighted by Crippen LogP contribution is -2.34. The van der Waals surface area contributed by atoms with Crippen molar-refractivity contribution in [1.29, 1.82) is 0 Å². The molecule has 4 heteroatoms. The van der Waals surface area contributed by atoms with Crippen LogP contribution in [0.5, 0.6) is 0 Å². The van der Waals surface area contributed by atoms with Crippen molar-refractivity contribution in [2.45, 2.75) is 6.92 Å². The van der Waals surface area contributed by atoms with Gasteiger partial charge in [-0.25, -0.2) is 0 Å². The van der Waals surface area contributed by atoms with Gasteiger partial charge in [0.1, 0.15) is 5.16 Å². The second-order valence-electron chi connectivity index (χ2n) is 2.68. The summed E-state index contributed by atoms with van der Waals surface area (Å²) in [5, 5.41) is 0.519. The molecule has 3 nitrogen and oxygen atoms in total. The maximum Gasteiger partial charge on any atom is 0.155 e. The number of carbonyl (C=O) groups excluding carboxylic acids is 1. The summed E-state index contributed by atoms with van der Waals surface area (Å²) in [5.41, 5.74) is 0. The summed E-state index contributed by atoms with van der Waals surface area (Å²) < 4.78 is 5.14. The Balaban J connectivity index is 2.49. The summed E-state index contributed by atoms with van der Waals surface area (Å²) in [7, 11) is 0. The number of ketones is 1. The molecular weight excluding hydrogens is 178 g/mol. The van der Waals surface area contributed by atoms with E-state index in [0.29, 0.717) is 18.4 Å². The van der Waals surface area contributed by atoms with Crippen molar-refractivity contribution in [2.75, 3.05) is 26.3 Å².